The van der Waals surface area contributed by atoms with Crippen molar-refractivity contribution in [3.63, 3.8) is 0 Å². The number of hydrogen-bond donors (Lipinski definition) is 0. The number of alkyl halides is 3. The van der Waals surface area contributed by atoms with E-state index >= 15 is 0 Å². The summed E-state index contributed by atoms with van der Waals surface area (Å²) in [5, 5.41) is 4.45. The number of hydrogen-bond acceptors (Lipinski definition) is 7. The van der Waals surface area contributed by atoms with Crippen LogP contribution in [0.4, 0.5) is 13.2 Å². The van der Waals surface area contributed by atoms with Gasteiger partial charge in [-0.1, -0.05) is 44.5 Å². The van der Waals surface area contributed by atoms with Crippen molar-refractivity contribution in [2.75, 3.05) is 32.7 Å². The number of ether oxygens (including phenoxy) is 1. The summed E-state index contributed by atoms with van der Waals surface area (Å²) in [5.74, 6) is -1.42. The van der Waals surface area contributed by atoms with E-state index in [2.05, 4.69) is 35.7 Å². The number of carbonyl (C=O) groups excluding carboxylic acids is 1. The maximum atomic E-state index is 13.0. The fraction of sp³-hybridized carbons (Fsp3) is 0.344. The summed E-state index contributed by atoms with van der Waals surface area (Å²) < 4.78 is 50.5. The van der Waals surface area contributed by atoms with Crippen molar-refractivity contribution in [2.45, 2.75) is 40.0 Å². The highest BCUT2D eigenvalue weighted by atomic mass is 35.5. The van der Waals surface area contributed by atoms with E-state index in [1.807, 2.05) is 12.1 Å². The first-order valence-electron chi connectivity index (χ1n) is 14.3. The van der Waals surface area contributed by atoms with Crippen LogP contribution in [0.5, 0.6) is 5.75 Å². The SMILES string of the molecule is CCN(CC)CCN(CC)Cc1ccc(C(=O)Oc2ccc(Cl)cc2Cn2nc(-c3ccc(C(F)(F)F)cc3)oc2=O)cc1.Cl.Cl. The topological polar surface area (TPSA) is 80.8 Å². The Labute approximate surface area is 282 Å². The molecule has 4 aromatic rings. The van der Waals surface area contributed by atoms with E-state index in [1.54, 1.807) is 18.2 Å². The normalized spacial score (nSPS) is 11.3. The molecule has 1 aromatic heterocycles. The number of halogens is 6. The molecule has 3 aromatic carbocycles. The Morgan fingerprint density at radius 2 is 1.52 bits per heavy atom. The molecular formula is C32H36Cl3F3N4O4. The summed E-state index contributed by atoms with van der Waals surface area (Å²) in [4.78, 5) is 30.3. The van der Waals surface area contributed by atoms with Crippen molar-refractivity contribution < 1.29 is 27.1 Å². The van der Waals surface area contributed by atoms with Crippen LogP contribution in [0.25, 0.3) is 11.5 Å². The van der Waals surface area contributed by atoms with Gasteiger partial charge in [0.05, 0.1) is 17.7 Å². The van der Waals surface area contributed by atoms with Gasteiger partial charge in [0.1, 0.15) is 5.75 Å². The first kappa shape index (κ1) is 38.8. The molecular weight excluding hydrogens is 668 g/mol. The molecule has 0 unspecified atom stereocenters. The van der Waals surface area contributed by atoms with Gasteiger partial charge in [-0.2, -0.15) is 17.9 Å². The molecule has 0 aliphatic rings. The van der Waals surface area contributed by atoms with Crippen LogP contribution >= 0.6 is 36.4 Å². The summed E-state index contributed by atoms with van der Waals surface area (Å²) in [6.07, 6.45) is -4.50. The highest BCUT2D eigenvalue weighted by molar-refractivity contribution is 6.30. The van der Waals surface area contributed by atoms with E-state index in [-0.39, 0.29) is 48.6 Å². The second kappa shape index (κ2) is 17.5. The number of aromatic nitrogens is 2. The van der Waals surface area contributed by atoms with E-state index in [9.17, 15) is 22.8 Å². The average Bonchev–Trinajstić information content (AvgIpc) is 3.37. The number of esters is 1. The van der Waals surface area contributed by atoms with E-state index in [4.69, 9.17) is 20.8 Å². The van der Waals surface area contributed by atoms with Crippen LogP contribution in [0.15, 0.2) is 75.9 Å². The lowest BCUT2D eigenvalue weighted by molar-refractivity contribution is -0.137. The Bertz CT molecular complexity index is 1610. The van der Waals surface area contributed by atoms with Gasteiger partial charge in [0.15, 0.2) is 0 Å². The minimum atomic E-state index is -4.50. The molecule has 0 fully saturated rings. The third-order valence-electron chi connectivity index (χ3n) is 7.28. The Kier molecular flexibility index (Phi) is 14.8. The first-order valence-corrected chi connectivity index (χ1v) is 14.7. The molecule has 0 amide bonds. The molecule has 0 aliphatic heterocycles. The standard InChI is InChI=1S/C32H34ClF3N4O4.2ClH/c1-4-38(5-2)17-18-39(6-3)20-22-7-9-24(10-8-22)30(41)43-28-16-15-27(33)19-25(28)21-40-31(42)44-29(37-40)23-11-13-26(14-12-23)32(34,35)36;;/h7-16,19H,4-6,17-18,20-21H2,1-3H3;2*1H. The molecule has 8 nitrogen and oxygen atoms in total. The smallest absolute Gasteiger partial charge is 0.423 e. The van der Waals surface area contributed by atoms with E-state index in [1.165, 1.54) is 24.3 Å². The second-order valence-electron chi connectivity index (χ2n) is 10.1. The summed E-state index contributed by atoms with van der Waals surface area (Å²) in [7, 11) is 0. The van der Waals surface area contributed by atoms with Crippen molar-refractivity contribution in [1.82, 2.24) is 19.6 Å². The zero-order valence-corrected chi connectivity index (χ0v) is 27.9. The van der Waals surface area contributed by atoms with Crippen molar-refractivity contribution in [2.24, 2.45) is 0 Å². The Balaban J connectivity index is 0.00000368. The molecule has 1 heterocycles. The monoisotopic (exact) mass is 702 g/mol. The van der Waals surface area contributed by atoms with Crippen LogP contribution < -0.4 is 10.5 Å². The highest BCUT2D eigenvalue weighted by Crippen LogP contribution is 2.31. The highest BCUT2D eigenvalue weighted by Gasteiger charge is 2.30. The van der Waals surface area contributed by atoms with Crippen LogP contribution in [0.2, 0.25) is 5.02 Å². The molecule has 0 saturated carbocycles. The van der Waals surface area contributed by atoms with Gasteiger partial charge in [-0.05, 0) is 79.8 Å². The largest absolute Gasteiger partial charge is 0.437 e. The van der Waals surface area contributed by atoms with Gasteiger partial charge >= 0.3 is 17.9 Å². The summed E-state index contributed by atoms with van der Waals surface area (Å²) in [6.45, 7) is 11.9. The fourth-order valence-corrected chi connectivity index (χ4v) is 4.79. The Morgan fingerprint density at radius 3 is 2.11 bits per heavy atom. The van der Waals surface area contributed by atoms with Crippen molar-refractivity contribution in [3.8, 4) is 17.2 Å². The number of likely N-dealkylation sites (N-methyl/N-ethyl adjacent to an activating group) is 2. The quantitative estimate of drug-likeness (QED) is 0.106. The van der Waals surface area contributed by atoms with Crippen LogP contribution in [-0.2, 0) is 19.3 Å². The molecule has 0 aliphatic carbocycles. The average molecular weight is 704 g/mol. The lowest BCUT2D eigenvalue weighted by atomic mass is 10.1. The zero-order chi connectivity index (χ0) is 31.9. The first-order chi connectivity index (χ1) is 21.0. The Hall–Kier alpha value is -3.35. The van der Waals surface area contributed by atoms with Gasteiger partial charge in [-0.25, -0.2) is 9.59 Å². The van der Waals surface area contributed by atoms with Gasteiger partial charge in [-0.15, -0.1) is 29.9 Å². The van der Waals surface area contributed by atoms with Crippen LogP contribution in [0.1, 0.15) is 47.8 Å². The third kappa shape index (κ3) is 10.3. The van der Waals surface area contributed by atoms with Gasteiger partial charge in [0.2, 0.25) is 5.89 Å². The predicted octanol–water partition coefficient (Wildman–Crippen LogP) is 7.45. The predicted molar refractivity (Wildman–Crippen MR) is 176 cm³/mol. The summed E-state index contributed by atoms with van der Waals surface area (Å²) in [5.41, 5.74) is 1.16. The number of benzene rings is 3. The van der Waals surface area contributed by atoms with Gasteiger partial charge < -0.3 is 14.1 Å². The van der Waals surface area contributed by atoms with Gasteiger partial charge in [0, 0.05) is 35.8 Å². The molecule has 0 saturated heterocycles. The van der Waals surface area contributed by atoms with Crippen molar-refractivity contribution in [3.05, 3.63) is 105 Å². The summed E-state index contributed by atoms with van der Waals surface area (Å²) in [6, 6.07) is 15.9. The maximum Gasteiger partial charge on any atom is 0.437 e. The lowest BCUT2D eigenvalue weighted by Gasteiger charge is -2.25. The molecule has 0 spiro atoms. The molecule has 0 radical (unpaired) electrons. The van der Waals surface area contributed by atoms with Crippen LogP contribution in [-0.4, -0.2) is 58.3 Å². The molecule has 14 heteroatoms. The van der Waals surface area contributed by atoms with E-state index < -0.39 is 23.5 Å². The number of carbonyl (C=O) groups is 1. The van der Waals surface area contributed by atoms with E-state index in [0.717, 1.165) is 61.6 Å². The van der Waals surface area contributed by atoms with Crippen LogP contribution in [0, 0.1) is 0 Å². The molecule has 0 bridgehead atoms. The van der Waals surface area contributed by atoms with E-state index in [0.29, 0.717) is 16.1 Å². The minimum absolute atomic E-state index is 0. The molecule has 46 heavy (non-hydrogen) atoms. The Morgan fingerprint density at radius 1 is 0.913 bits per heavy atom. The second-order valence-corrected chi connectivity index (χ2v) is 10.6. The molecule has 250 valence electrons. The van der Waals surface area contributed by atoms with Crippen molar-refractivity contribution in [1.29, 1.82) is 0 Å². The molecule has 4 rings (SSSR count). The number of nitrogens with zero attached hydrogens (tertiary/aromatic N) is 4. The van der Waals surface area contributed by atoms with Gasteiger partial charge in [0.25, 0.3) is 0 Å². The van der Waals surface area contributed by atoms with Crippen LogP contribution in [0.3, 0.4) is 0 Å². The third-order valence-corrected chi connectivity index (χ3v) is 7.52. The summed E-state index contributed by atoms with van der Waals surface area (Å²) >= 11 is 6.19. The minimum Gasteiger partial charge on any atom is -0.423 e. The number of rotatable bonds is 13. The molecule has 0 N–H and O–H groups in total. The fourth-order valence-electron chi connectivity index (χ4n) is 4.59. The van der Waals surface area contributed by atoms with Crippen molar-refractivity contribution >= 4 is 42.4 Å². The lowest BCUT2D eigenvalue weighted by Crippen LogP contribution is -2.34. The zero-order valence-electron chi connectivity index (χ0n) is 25.6. The molecule has 0 atom stereocenters. The van der Waals surface area contributed by atoms with Gasteiger partial charge in [-0.3, -0.25) is 4.90 Å². The maximum absolute atomic E-state index is 13.0.